The van der Waals surface area contributed by atoms with Crippen molar-refractivity contribution >= 4 is 23.7 Å². The molecule has 0 fully saturated rings. The molecule has 5 heteroatoms. The van der Waals surface area contributed by atoms with Crippen LogP contribution in [0.4, 0.5) is 8.78 Å². The second-order valence-corrected chi connectivity index (χ2v) is 11.2. The number of hydrogen-bond acceptors (Lipinski definition) is 1. The maximum absolute atomic E-state index is 13.6. The second kappa shape index (κ2) is 5.90. The van der Waals surface area contributed by atoms with Gasteiger partial charge < -0.3 is 4.12 Å². The Kier molecular flexibility index (Phi) is 5.01. The van der Waals surface area contributed by atoms with Gasteiger partial charge in [0.05, 0.1) is 0 Å². The Labute approximate surface area is 111 Å². The third-order valence-electron chi connectivity index (χ3n) is 2.43. The smallest absolute Gasteiger partial charge is 0.252 e. The summed E-state index contributed by atoms with van der Waals surface area (Å²) in [6.45, 7) is 10.0. The van der Waals surface area contributed by atoms with Crippen LogP contribution in [-0.4, -0.2) is 18.1 Å². The van der Waals surface area contributed by atoms with E-state index in [0.717, 1.165) is 16.8 Å². The third-order valence-corrected chi connectivity index (χ3v) is 5.97. The van der Waals surface area contributed by atoms with E-state index < -0.39 is 20.0 Å². The third kappa shape index (κ3) is 4.15. The summed E-state index contributed by atoms with van der Waals surface area (Å²) >= 11 is 0. The summed E-state index contributed by atoms with van der Waals surface area (Å²) in [5.74, 6) is -1.60. The summed E-state index contributed by atoms with van der Waals surface area (Å²) in [6.07, 6.45) is 0. The summed E-state index contributed by atoms with van der Waals surface area (Å²) in [7, 11) is -1.37. The Balaban J connectivity index is 2.97. The lowest BCUT2D eigenvalue weighted by molar-refractivity contribution is 0.506. The van der Waals surface area contributed by atoms with Gasteiger partial charge >= 0.3 is 0 Å². The molecule has 0 saturated carbocycles. The lowest BCUT2D eigenvalue weighted by Crippen LogP contribution is -2.28. The summed E-state index contributed by atoms with van der Waals surface area (Å²) in [5.41, 5.74) is 1.07. The first kappa shape index (κ1) is 15.3. The van der Waals surface area contributed by atoms with Crippen molar-refractivity contribution in [2.75, 3.05) is 0 Å². The Morgan fingerprint density at radius 2 is 1.78 bits per heavy atom. The molecule has 0 atom stereocenters. The predicted octanol–water partition coefficient (Wildman–Crippen LogP) is 4.19. The number of halogens is 2. The highest BCUT2D eigenvalue weighted by Crippen LogP contribution is 2.23. The van der Waals surface area contributed by atoms with Crippen molar-refractivity contribution in [3.05, 3.63) is 40.6 Å². The molecule has 1 aromatic carbocycles. The van der Waals surface area contributed by atoms with Gasteiger partial charge in [0.25, 0.3) is 9.76 Å². The van der Waals surface area contributed by atoms with Crippen molar-refractivity contribution in [1.82, 2.24) is 0 Å². The molecule has 0 spiro atoms. The van der Waals surface area contributed by atoms with Gasteiger partial charge in [0, 0.05) is 5.56 Å². The number of rotatable bonds is 4. The quantitative estimate of drug-likeness (QED) is 0.753. The van der Waals surface area contributed by atoms with E-state index in [9.17, 15) is 8.78 Å². The minimum Gasteiger partial charge on any atom is -0.453 e. The first-order chi connectivity index (χ1) is 8.22. The molecule has 0 N–H and O–H groups in total. The van der Waals surface area contributed by atoms with Gasteiger partial charge in [-0.3, -0.25) is 0 Å². The molecule has 2 radical (unpaired) electrons. The maximum atomic E-state index is 13.6. The van der Waals surface area contributed by atoms with Crippen LogP contribution in [-0.2, 0) is 4.12 Å². The van der Waals surface area contributed by atoms with E-state index in [2.05, 4.69) is 19.6 Å². The summed E-state index contributed by atoms with van der Waals surface area (Å²) in [6, 6.07) is 4.24. The molecular weight excluding hydrogens is 266 g/mol. The van der Waals surface area contributed by atoms with Crippen LogP contribution in [0.15, 0.2) is 23.4 Å². The van der Waals surface area contributed by atoms with Gasteiger partial charge in [-0.1, -0.05) is 17.3 Å². The largest absolute Gasteiger partial charge is 0.453 e. The maximum Gasteiger partial charge on any atom is 0.252 e. The van der Waals surface area contributed by atoms with E-state index in [4.69, 9.17) is 4.12 Å². The van der Waals surface area contributed by atoms with Gasteiger partial charge in [-0.05, 0) is 45.1 Å². The molecular formula is C13H18F2OSi2. The molecule has 0 aliphatic carbocycles. The molecule has 98 valence electrons. The summed E-state index contributed by atoms with van der Waals surface area (Å²) < 4.78 is 32.6. The average molecular weight is 284 g/mol. The van der Waals surface area contributed by atoms with Crippen LogP contribution in [0.25, 0.3) is 5.57 Å². The molecule has 0 aliphatic rings. The topological polar surface area (TPSA) is 9.23 Å². The Bertz CT molecular complexity index is 465. The fourth-order valence-corrected chi connectivity index (χ4v) is 3.43. The molecule has 18 heavy (non-hydrogen) atoms. The number of allylic oxidation sites excluding steroid dienone is 2. The zero-order chi connectivity index (χ0) is 13.9. The molecule has 0 amide bonds. The predicted molar refractivity (Wildman–Crippen MR) is 74.8 cm³/mol. The zero-order valence-corrected chi connectivity index (χ0v) is 13.4. The fourth-order valence-electron chi connectivity index (χ4n) is 1.30. The molecule has 1 aromatic rings. The van der Waals surface area contributed by atoms with Crippen LogP contribution in [0.1, 0.15) is 19.4 Å². The highest BCUT2D eigenvalue weighted by atomic mass is 28.4. The van der Waals surface area contributed by atoms with Crippen molar-refractivity contribution < 1.29 is 12.9 Å². The van der Waals surface area contributed by atoms with E-state index >= 15 is 0 Å². The van der Waals surface area contributed by atoms with Crippen molar-refractivity contribution in [2.45, 2.75) is 33.5 Å². The zero-order valence-electron chi connectivity index (χ0n) is 11.4. The molecule has 0 aromatic heterocycles. The molecule has 0 aliphatic heterocycles. The minimum absolute atomic E-state index is 0.209. The van der Waals surface area contributed by atoms with Crippen LogP contribution in [0.3, 0.4) is 0 Å². The number of hydrogen-bond donors (Lipinski definition) is 0. The van der Waals surface area contributed by atoms with Crippen LogP contribution < -0.4 is 0 Å². The SMILES string of the molecule is CC([Si]O[Si](C)(C)C)=C(C)c1cccc(F)c1F. The van der Waals surface area contributed by atoms with Crippen LogP contribution in [0, 0.1) is 11.6 Å². The normalized spacial score (nSPS) is 13.5. The summed E-state index contributed by atoms with van der Waals surface area (Å²) in [4.78, 5) is 0. The summed E-state index contributed by atoms with van der Waals surface area (Å²) in [5, 5.41) is 0.960. The Morgan fingerprint density at radius 1 is 1.17 bits per heavy atom. The van der Waals surface area contributed by atoms with E-state index in [-0.39, 0.29) is 9.76 Å². The van der Waals surface area contributed by atoms with Crippen molar-refractivity contribution in [3.63, 3.8) is 0 Å². The number of benzene rings is 1. The standard InChI is InChI=1S/C13H18F2OSi2/c1-9(10(2)17-16-18(3,4)5)11-7-6-8-12(14)13(11)15/h6-8H,1-5H3. The average Bonchev–Trinajstić information content (AvgIpc) is 2.28. The van der Waals surface area contributed by atoms with Crippen molar-refractivity contribution in [3.8, 4) is 0 Å². The van der Waals surface area contributed by atoms with Gasteiger partial charge in [0.1, 0.15) is 0 Å². The van der Waals surface area contributed by atoms with Crippen molar-refractivity contribution in [2.24, 2.45) is 0 Å². The van der Waals surface area contributed by atoms with E-state index in [0.29, 0.717) is 5.56 Å². The van der Waals surface area contributed by atoms with Crippen LogP contribution >= 0.6 is 0 Å². The highest BCUT2D eigenvalue weighted by Gasteiger charge is 2.16. The van der Waals surface area contributed by atoms with Gasteiger partial charge in [0.15, 0.2) is 20.0 Å². The lowest BCUT2D eigenvalue weighted by atomic mass is 10.1. The minimum atomic E-state index is -1.58. The van der Waals surface area contributed by atoms with Gasteiger partial charge in [-0.25, -0.2) is 8.78 Å². The molecule has 0 bridgehead atoms. The molecule has 0 heterocycles. The monoisotopic (exact) mass is 284 g/mol. The second-order valence-electron chi connectivity index (χ2n) is 5.17. The molecule has 1 rings (SSSR count). The van der Waals surface area contributed by atoms with Gasteiger partial charge in [-0.15, -0.1) is 0 Å². The lowest BCUT2D eigenvalue weighted by Gasteiger charge is -2.18. The van der Waals surface area contributed by atoms with Crippen molar-refractivity contribution in [1.29, 1.82) is 0 Å². The van der Waals surface area contributed by atoms with E-state index in [1.807, 2.05) is 6.92 Å². The fraction of sp³-hybridized carbons (Fsp3) is 0.385. The van der Waals surface area contributed by atoms with Gasteiger partial charge in [-0.2, -0.15) is 0 Å². The highest BCUT2D eigenvalue weighted by molar-refractivity contribution is 6.74. The molecule has 1 nitrogen and oxygen atoms in total. The van der Waals surface area contributed by atoms with Gasteiger partial charge in [0.2, 0.25) is 0 Å². The van der Waals surface area contributed by atoms with Crippen LogP contribution in [0.2, 0.25) is 19.6 Å². The Hall–Kier alpha value is -0.786. The first-order valence-electron chi connectivity index (χ1n) is 5.78. The molecule has 0 saturated heterocycles. The van der Waals surface area contributed by atoms with Crippen LogP contribution in [0.5, 0.6) is 0 Å². The Morgan fingerprint density at radius 3 is 2.33 bits per heavy atom. The molecule has 0 unspecified atom stereocenters. The first-order valence-corrected chi connectivity index (χ1v) is 10.1. The van der Waals surface area contributed by atoms with E-state index in [1.54, 1.807) is 13.0 Å². The van der Waals surface area contributed by atoms with E-state index in [1.165, 1.54) is 6.07 Å².